The molecule has 1 rings (SSSR count). The van der Waals surface area contributed by atoms with Crippen molar-refractivity contribution in [3.05, 3.63) is 0 Å². The zero-order valence-corrected chi connectivity index (χ0v) is 12.3. The van der Waals surface area contributed by atoms with E-state index in [0.29, 0.717) is 6.42 Å². The van der Waals surface area contributed by atoms with Crippen LogP contribution in [0.25, 0.3) is 0 Å². The van der Waals surface area contributed by atoms with E-state index in [9.17, 15) is 21.9 Å². The van der Waals surface area contributed by atoms with Crippen molar-refractivity contribution in [3.8, 4) is 0 Å². The number of nitrogens with one attached hydrogen (secondary N) is 1. The Morgan fingerprint density at radius 2 is 2.06 bits per heavy atom. The van der Waals surface area contributed by atoms with E-state index in [2.05, 4.69) is 4.72 Å². The first kappa shape index (κ1) is 15.9. The molecule has 1 aliphatic heterocycles. The van der Waals surface area contributed by atoms with Crippen molar-refractivity contribution in [2.75, 3.05) is 18.1 Å². The Hall–Kier alpha value is -0.180. The second-order valence-electron chi connectivity index (χ2n) is 5.14. The summed E-state index contributed by atoms with van der Waals surface area (Å²) in [7, 11) is -6.90. The maximum absolute atomic E-state index is 11.9. The number of hydrogen-bond acceptors (Lipinski definition) is 5. The number of aliphatic hydroxyl groups is 1. The highest BCUT2D eigenvalue weighted by Crippen LogP contribution is 2.19. The van der Waals surface area contributed by atoms with E-state index in [4.69, 9.17) is 0 Å². The molecule has 0 aromatic carbocycles. The standard InChI is InChI=1S/C10H21NO5S2/c1-3-5-10(2,12)8-11-18(15,16)9-4-6-17(13,14)7-9/h9,11-12H,3-8H2,1-2H3. The summed E-state index contributed by atoms with van der Waals surface area (Å²) in [5.74, 6) is -0.401. The van der Waals surface area contributed by atoms with E-state index in [-0.39, 0.29) is 24.5 Å². The fourth-order valence-electron chi connectivity index (χ4n) is 2.01. The molecule has 2 unspecified atom stereocenters. The van der Waals surface area contributed by atoms with Gasteiger partial charge in [-0.2, -0.15) is 0 Å². The fraction of sp³-hybridized carbons (Fsp3) is 1.00. The molecule has 0 aromatic heterocycles. The van der Waals surface area contributed by atoms with Gasteiger partial charge >= 0.3 is 0 Å². The summed E-state index contributed by atoms with van der Waals surface area (Å²) in [6.45, 7) is 3.37. The molecule has 0 spiro atoms. The van der Waals surface area contributed by atoms with Gasteiger partial charge in [0.05, 0.1) is 22.4 Å². The lowest BCUT2D eigenvalue weighted by Crippen LogP contribution is -2.44. The van der Waals surface area contributed by atoms with Gasteiger partial charge in [0, 0.05) is 6.54 Å². The molecular formula is C10H21NO5S2. The minimum atomic E-state index is -3.67. The number of rotatable bonds is 6. The van der Waals surface area contributed by atoms with Crippen LogP contribution in [0.1, 0.15) is 33.1 Å². The molecule has 0 bridgehead atoms. The van der Waals surface area contributed by atoms with E-state index >= 15 is 0 Å². The lowest BCUT2D eigenvalue weighted by atomic mass is 10.0. The lowest BCUT2D eigenvalue weighted by Gasteiger charge is -2.23. The molecule has 6 nitrogen and oxygen atoms in total. The summed E-state index contributed by atoms with van der Waals surface area (Å²) in [6, 6.07) is 0. The van der Waals surface area contributed by atoms with Crippen LogP contribution in [-0.2, 0) is 19.9 Å². The molecule has 0 aliphatic carbocycles. The molecule has 1 fully saturated rings. The molecule has 0 amide bonds. The maximum atomic E-state index is 11.9. The Bertz CT molecular complexity index is 480. The third kappa shape index (κ3) is 4.49. The quantitative estimate of drug-likeness (QED) is 0.698. The molecule has 1 heterocycles. The van der Waals surface area contributed by atoms with Crippen LogP contribution < -0.4 is 4.72 Å². The van der Waals surface area contributed by atoms with Crippen molar-refractivity contribution < 1.29 is 21.9 Å². The van der Waals surface area contributed by atoms with E-state index in [1.165, 1.54) is 0 Å². The van der Waals surface area contributed by atoms with Gasteiger partial charge < -0.3 is 5.11 Å². The highest BCUT2D eigenvalue weighted by Gasteiger charge is 2.37. The first-order valence-corrected chi connectivity index (χ1v) is 9.36. The van der Waals surface area contributed by atoms with Crippen molar-refractivity contribution in [2.45, 2.75) is 44.0 Å². The zero-order valence-electron chi connectivity index (χ0n) is 10.7. The van der Waals surface area contributed by atoms with Crippen LogP contribution in [0.3, 0.4) is 0 Å². The molecule has 0 radical (unpaired) electrons. The van der Waals surface area contributed by atoms with Crippen LogP contribution in [0.15, 0.2) is 0 Å². The molecule has 2 atom stereocenters. The van der Waals surface area contributed by atoms with Crippen molar-refractivity contribution >= 4 is 19.9 Å². The Labute approximate surface area is 109 Å². The topological polar surface area (TPSA) is 101 Å². The van der Waals surface area contributed by atoms with Gasteiger partial charge in [-0.05, 0) is 19.8 Å². The van der Waals surface area contributed by atoms with Crippen LogP contribution in [0.4, 0.5) is 0 Å². The zero-order chi connectivity index (χ0) is 14.0. The van der Waals surface area contributed by atoms with Crippen LogP contribution in [0.2, 0.25) is 0 Å². The third-order valence-corrected chi connectivity index (χ3v) is 6.88. The smallest absolute Gasteiger partial charge is 0.215 e. The highest BCUT2D eigenvalue weighted by atomic mass is 32.2. The molecule has 1 saturated heterocycles. The predicted octanol–water partition coefficient (Wildman–Crippen LogP) is -0.356. The monoisotopic (exact) mass is 299 g/mol. The Balaban J connectivity index is 2.62. The first-order valence-electron chi connectivity index (χ1n) is 5.99. The summed E-state index contributed by atoms with van der Waals surface area (Å²) in [5.41, 5.74) is -1.10. The van der Waals surface area contributed by atoms with E-state index in [1.807, 2.05) is 6.92 Å². The average Bonchev–Trinajstić information content (AvgIpc) is 2.57. The minimum Gasteiger partial charge on any atom is -0.389 e. The van der Waals surface area contributed by atoms with Crippen molar-refractivity contribution in [3.63, 3.8) is 0 Å². The number of sulfone groups is 1. The SMILES string of the molecule is CCCC(C)(O)CNS(=O)(=O)C1CCS(=O)(=O)C1. The van der Waals surface area contributed by atoms with Crippen molar-refractivity contribution in [1.82, 2.24) is 4.72 Å². The van der Waals surface area contributed by atoms with Gasteiger partial charge in [-0.15, -0.1) is 0 Å². The highest BCUT2D eigenvalue weighted by molar-refractivity contribution is 7.95. The number of sulfonamides is 1. The van der Waals surface area contributed by atoms with Crippen LogP contribution in [0, 0.1) is 0 Å². The Morgan fingerprint density at radius 3 is 2.50 bits per heavy atom. The van der Waals surface area contributed by atoms with Crippen LogP contribution in [0.5, 0.6) is 0 Å². The average molecular weight is 299 g/mol. The van der Waals surface area contributed by atoms with Crippen LogP contribution in [-0.4, -0.2) is 50.8 Å². The van der Waals surface area contributed by atoms with Crippen LogP contribution >= 0.6 is 0 Å². The summed E-state index contributed by atoms with van der Waals surface area (Å²) in [6.07, 6.45) is 1.36. The molecule has 108 valence electrons. The second-order valence-corrected chi connectivity index (χ2v) is 9.41. The summed E-state index contributed by atoms with van der Waals surface area (Å²) < 4.78 is 48.6. The maximum Gasteiger partial charge on any atom is 0.215 e. The summed E-state index contributed by atoms with van der Waals surface area (Å²) in [4.78, 5) is 0. The molecule has 2 N–H and O–H groups in total. The van der Waals surface area contributed by atoms with Gasteiger partial charge in [0.25, 0.3) is 0 Å². The van der Waals surface area contributed by atoms with E-state index in [1.54, 1.807) is 6.92 Å². The van der Waals surface area contributed by atoms with Crippen molar-refractivity contribution in [1.29, 1.82) is 0 Å². The van der Waals surface area contributed by atoms with Gasteiger partial charge in [0.2, 0.25) is 10.0 Å². The largest absolute Gasteiger partial charge is 0.389 e. The van der Waals surface area contributed by atoms with Gasteiger partial charge in [-0.25, -0.2) is 21.6 Å². The van der Waals surface area contributed by atoms with E-state index < -0.39 is 30.7 Å². The van der Waals surface area contributed by atoms with Crippen molar-refractivity contribution in [2.24, 2.45) is 0 Å². The summed E-state index contributed by atoms with van der Waals surface area (Å²) in [5, 5.41) is 8.99. The fourth-order valence-corrected chi connectivity index (χ4v) is 6.21. The van der Waals surface area contributed by atoms with Gasteiger partial charge in [-0.3, -0.25) is 0 Å². The first-order chi connectivity index (χ1) is 8.08. The normalized spacial score (nSPS) is 26.9. The molecule has 0 aromatic rings. The Kier molecular flexibility index (Phi) is 4.80. The summed E-state index contributed by atoms with van der Waals surface area (Å²) >= 11 is 0. The number of hydrogen-bond donors (Lipinski definition) is 2. The van der Waals surface area contributed by atoms with Gasteiger partial charge in [-0.1, -0.05) is 13.3 Å². The molecule has 1 aliphatic rings. The molecule has 0 saturated carbocycles. The van der Waals surface area contributed by atoms with E-state index in [0.717, 1.165) is 6.42 Å². The van der Waals surface area contributed by atoms with Gasteiger partial charge in [0.15, 0.2) is 9.84 Å². The lowest BCUT2D eigenvalue weighted by molar-refractivity contribution is 0.0554. The predicted molar refractivity (Wildman–Crippen MR) is 69.5 cm³/mol. The second kappa shape index (κ2) is 5.44. The third-order valence-electron chi connectivity index (χ3n) is 3.07. The Morgan fingerprint density at radius 1 is 1.44 bits per heavy atom. The molecule has 8 heteroatoms. The molecular weight excluding hydrogens is 278 g/mol. The van der Waals surface area contributed by atoms with Gasteiger partial charge in [0.1, 0.15) is 0 Å². The molecule has 18 heavy (non-hydrogen) atoms. The minimum absolute atomic E-state index is 0.0794.